The maximum atomic E-state index is 11.3. The summed E-state index contributed by atoms with van der Waals surface area (Å²) in [5.41, 5.74) is 0. The summed E-state index contributed by atoms with van der Waals surface area (Å²) in [6, 6.07) is 0. The van der Waals surface area contributed by atoms with Crippen LogP contribution in [-0.2, 0) is 4.79 Å². The van der Waals surface area contributed by atoms with Gasteiger partial charge in [-0.2, -0.15) is 0 Å². The smallest absolute Gasteiger partial charge is 0.241 e. The first-order valence-electron chi connectivity index (χ1n) is 4.50. The largest absolute Gasteiger partial charge is 0.355 e. The van der Waals surface area contributed by atoms with Crippen molar-refractivity contribution in [2.45, 2.75) is 6.92 Å². The number of hydrogen-bond donors (Lipinski definition) is 2. The lowest BCUT2D eigenvalue weighted by Gasteiger charge is -2.15. The van der Waals surface area contributed by atoms with Crippen LogP contribution in [-0.4, -0.2) is 50.0 Å². The van der Waals surface area contributed by atoms with Crippen LogP contribution in [0.3, 0.4) is 0 Å². The summed E-state index contributed by atoms with van der Waals surface area (Å²) < 4.78 is 0. The molecular weight excluding hydrogens is 168 g/mol. The molecular formula is C8H16N4O. The second-order valence-corrected chi connectivity index (χ2v) is 2.92. The number of guanidine groups is 1. The van der Waals surface area contributed by atoms with Gasteiger partial charge in [0.1, 0.15) is 0 Å². The summed E-state index contributed by atoms with van der Waals surface area (Å²) in [5.74, 6) is 0.816. The molecule has 0 saturated heterocycles. The monoisotopic (exact) mass is 184 g/mol. The molecule has 0 saturated carbocycles. The normalized spacial score (nSPS) is 14.8. The van der Waals surface area contributed by atoms with Crippen molar-refractivity contribution in [3.05, 3.63) is 0 Å². The topological polar surface area (TPSA) is 56.7 Å². The molecule has 13 heavy (non-hydrogen) atoms. The highest BCUT2D eigenvalue weighted by atomic mass is 16.2. The highest BCUT2D eigenvalue weighted by Gasteiger charge is 2.08. The standard InChI is InChI=1S/C8H16N4O/c1-3-12(2)7(13)6-11-8-9-4-5-10-8/h3-6H2,1-2H3,(H2,9,10,11). The molecule has 0 aliphatic carbocycles. The van der Waals surface area contributed by atoms with E-state index in [1.54, 1.807) is 11.9 Å². The molecule has 1 heterocycles. The number of rotatable bonds is 3. The van der Waals surface area contributed by atoms with E-state index in [0.717, 1.165) is 25.6 Å². The molecule has 0 spiro atoms. The minimum absolute atomic E-state index is 0.0823. The fourth-order valence-electron chi connectivity index (χ4n) is 0.987. The van der Waals surface area contributed by atoms with Crippen LogP contribution in [0.25, 0.3) is 0 Å². The number of amides is 1. The molecule has 0 atom stereocenters. The Morgan fingerprint density at radius 1 is 1.77 bits per heavy atom. The Kier molecular flexibility index (Phi) is 3.54. The van der Waals surface area contributed by atoms with Gasteiger partial charge in [-0.1, -0.05) is 0 Å². The lowest BCUT2D eigenvalue weighted by molar-refractivity contribution is -0.128. The first-order chi connectivity index (χ1) is 6.24. The zero-order valence-electron chi connectivity index (χ0n) is 8.13. The van der Waals surface area contributed by atoms with E-state index >= 15 is 0 Å². The predicted molar refractivity (Wildman–Crippen MR) is 51.6 cm³/mol. The molecule has 1 amide bonds. The molecule has 0 aromatic heterocycles. The number of likely N-dealkylation sites (N-methyl/N-ethyl adjacent to an activating group) is 1. The van der Waals surface area contributed by atoms with Crippen LogP contribution in [0, 0.1) is 0 Å². The van der Waals surface area contributed by atoms with Gasteiger partial charge < -0.3 is 15.5 Å². The van der Waals surface area contributed by atoms with Gasteiger partial charge in [-0.25, -0.2) is 0 Å². The SMILES string of the molecule is CCN(C)C(=O)CNC1=NCCN1. The quantitative estimate of drug-likeness (QED) is 0.592. The van der Waals surface area contributed by atoms with Gasteiger partial charge >= 0.3 is 0 Å². The van der Waals surface area contributed by atoms with Crippen molar-refractivity contribution < 1.29 is 4.79 Å². The second kappa shape index (κ2) is 4.69. The van der Waals surface area contributed by atoms with E-state index in [9.17, 15) is 4.79 Å². The molecule has 1 rings (SSSR count). The highest BCUT2D eigenvalue weighted by Crippen LogP contribution is 1.84. The van der Waals surface area contributed by atoms with Gasteiger partial charge in [-0.3, -0.25) is 9.79 Å². The Balaban J connectivity index is 2.21. The van der Waals surface area contributed by atoms with Crippen LogP contribution in [0.15, 0.2) is 4.99 Å². The first kappa shape index (κ1) is 9.83. The zero-order chi connectivity index (χ0) is 9.68. The van der Waals surface area contributed by atoms with Crippen molar-refractivity contribution in [1.29, 1.82) is 0 Å². The van der Waals surface area contributed by atoms with Crippen LogP contribution in [0.1, 0.15) is 6.92 Å². The van der Waals surface area contributed by atoms with Gasteiger partial charge in [0.05, 0.1) is 13.1 Å². The van der Waals surface area contributed by atoms with Crippen LogP contribution >= 0.6 is 0 Å². The van der Waals surface area contributed by atoms with E-state index in [1.807, 2.05) is 6.92 Å². The summed E-state index contributed by atoms with van der Waals surface area (Å²) in [7, 11) is 1.79. The van der Waals surface area contributed by atoms with E-state index in [0.29, 0.717) is 6.54 Å². The summed E-state index contributed by atoms with van der Waals surface area (Å²) in [6.07, 6.45) is 0. The molecule has 0 fully saturated rings. The molecule has 0 aromatic carbocycles. The third kappa shape index (κ3) is 2.93. The lowest BCUT2D eigenvalue weighted by Crippen LogP contribution is -2.41. The number of nitrogens with one attached hydrogen (secondary N) is 2. The van der Waals surface area contributed by atoms with Crippen LogP contribution < -0.4 is 10.6 Å². The van der Waals surface area contributed by atoms with Gasteiger partial charge in [-0.15, -0.1) is 0 Å². The number of aliphatic imine (C=N–C) groups is 1. The molecule has 5 nitrogen and oxygen atoms in total. The maximum Gasteiger partial charge on any atom is 0.241 e. The fraction of sp³-hybridized carbons (Fsp3) is 0.750. The second-order valence-electron chi connectivity index (χ2n) is 2.92. The molecule has 74 valence electrons. The lowest BCUT2D eigenvalue weighted by atomic mass is 10.5. The Morgan fingerprint density at radius 2 is 2.54 bits per heavy atom. The van der Waals surface area contributed by atoms with E-state index in [-0.39, 0.29) is 5.91 Å². The van der Waals surface area contributed by atoms with Gasteiger partial charge in [0.2, 0.25) is 5.91 Å². The minimum atomic E-state index is 0.0823. The molecule has 0 aromatic rings. The van der Waals surface area contributed by atoms with Crippen molar-refractivity contribution in [1.82, 2.24) is 15.5 Å². The number of nitrogens with zero attached hydrogens (tertiary/aromatic N) is 2. The summed E-state index contributed by atoms with van der Waals surface area (Å²) in [5, 5.41) is 5.98. The van der Waals surface area contributed by atoms with Gasteiger partial charge in [0.25, 0.3) is 0 Å². The molecule has 0 bridgehead atoms. The highest BCUT2D eigenvalue weighted by molar-refractivity contribution is 5.87. The van der Waals surface area contributed by atoms with Crippen LogP contribution in [0.4, 0.5) is 0 Å². The van der Waals surface area contributed by atoms with E-state index in [1.165, 1.54) is 0 Å². The molecule has 0 unspecified atom stereocenters. The van der Waals surface area contributed by atoms with E-state index < -0.39 is 0 Å². The maximum absolute atomic E-state index is 11.3. The average molecular weight is 184 g/mol. The summed E-state index contributed by atoms with van der Waals surface area (Å²) in [6.45, 7) is 4.65. The average Bonchev–Trinajstić information content (AvgIpc) is 2.65. The molecule has 5 heteroatoms. The van der Waals surface area contributed by atoms with Crippen molar-refractivity contribution in [2.24, 2.45) is 4.99 Å². The Morgan fingerprint density at radius 3 is 3.08 bits per heavy atom. The van der Waals surface area contributed by atoms with Crippen molar-refractivity contribution >= 4 is 11.9 Å². The summed E-state index contributed by atoms with van der Waals surface area (Å²) >= 11 is 0. The molecule has 1 aliphatic heterocycles. The predicted octanol–water partition coefficient (Wildman–Crippen LogP) is -0.986. The zero-order valence-corrected chi connectivity index (χ0v) is 8.13. The Hall–Kier alpha value is -1.26. The van der Waals surface area contributed by atoms with Crippen LogP contribution in [0.2, 0.25) is 0 Å². The Labute approximate surface area is 78.2 Å². The number of carbonyl (C=O) groups excluding carboxylic acids is 1. The van der Waals surface area contributed by atoms with Crippen molar-refractivity contribution in [2.75, 3.05) is 33.2 Å². The third-order valence-corrected chi connectivity index (χ3v) is 1.98. The summed E-state index contributed by atoms with van der Waals surface area (Å²) in [4.78, 5) is 17.1. The van der Waals surface area contributed by atoms with Crippen molar-refractivity contribution in [3.8, 4) is 0 Å². The van der Waals surface area contributed by atoms with Crippen LogP contribution in [0.5, 0.6) is 0 Å². The minimum Gasteiger partial charge on any atom is -0.355 e. The number of carbonyl (C=O) groups is 1. The molecule has 1 aliphatic rings. The molecule has 2 N–H and O–H groups in total. The van der Waals surface area contributed by atoms with E-state index in [4.69, 9.17) is 0 Å². The van der Waals surface area contributed by atoms with Gasteiger partial charge in [-0.05, 0) is 6.92 Å². The Bertz CT molecular complexity index is 214. The van der Waals surface area contributed by atoms with E-state index in [2.05, 4.69) is 15.6 Å². The van der Waals surface area contributed by atoms with Crippen molar-refractivity contribution in [3.63, 3.8) is 0 Å². The number of hydrogen-bond acceptors (Lipinski definition) is 4. The fourth-order valence-corrected chi connectivity index (χ4v) is 0.987. The van der Waals surface area contributed by atoms with Gasteiger partial charge in [0.15, 0.2) is 5.96 Å². The molecule has 0 radical (unpaired) electrons. The first-order valence-corrected chi connectivity index (χ1v) is 4.50. The van der Waals surface area contributed by atoms with Gasteiger partial charge in [0, 0.05) is 20.1 Å². The third-order valence-electron chi connectivity index (χ3n) is 1.98.